The van der Waals surface area contributed by atoms with Gasteiger partial charge in [0.1, 0.15) is 6.54 Å². The minimum Gasteiger partial charge on any atom is -0.455 e. The van der Waals surface area contributed by atoms with Gasteiger partial charge in [-0.05, 0) is 46.3 Å². The molecule has 2 aromatic rings. The molecule has 10 heteroatoms. The molecule has 0 spiro atoms. The molecule has 0 saturated heterocycles. The van der Waals surface area contributed by atoms with E-state index < -0.39 is 35.1 Å². The Kier molecular flexibility index (Phi) is 7.06. The second kappa shape index (κ2) is 9.27. The SMILES string of the molecule is N#Cc1cccc(NC(=O)COC(=O)CNS(=O)(=O)c2ccccc2Br)c1. The molecule has 2 aromatic carbocycles. The first kappa shape index (κ1) is 20.6. The van der Waals surface area contributed by atoms with Crippen LogP contribution in [0.5, 0.6) is 0 Å². The van der Waals surface area contributed by atoms with Crippen molar-refractivity contribution < 1.29 is 22.7 Å². The number of nitrogens with zero attached hydrogens (tertiary/aromatic N) is 1. The van der Waals surface area contributed by atoms with Gasteiger partial charge in [0.25, 0.3) is 5.91 Å². The summed E-state index contributed by atoms with van der Waals surface area (Å²) in [6.45, 7) is -1.22. The number of nitrogens with one attached hydrogen (secondary N) is 2. The molecule has 8 nitrogen and oxygen atoms in total. The first-order chi connectivity index (χ1) is 12.8. The van der Waals surface area contributed by atoms with Crippen molar-refractivity contribution in [3.63, 3.8) is 0 Å². The van der Waals surface area contributed by atoms with Crippen molar-refractivity contribution in [3.05, 3.63) is 58.6 Å². The lowest BCUT2D eigenvalue weighted by Gasteiger charge is -2.09. The first-order valence-electron chi connectivity index (χ1n) is 7.51. The molecule has 0 heterocycles. The zero-order chi connectivity index (χ0) is 19.9. The van der Waals surface area contributed by atoms with E-state index in [1.54, 1.807) is 36.4 Å². The number of esters is 1. The number of sulfonamides is 1. The van der Waals surface area contributed by atoms with E-state index in [-0.39, 0.29) is 4.90 Å². The van der Waals surface area contributed by atoms with Crippen LogP contribution in [0.15, 0.2) is 57.9 Å². The molecule has 0 aliphatic carbocycles. The van der Waals surface area contributed by atoms with Crippen LogP contribution < -0.4 is 10.0 Å². The van der Waals surface area contributed by atoms with Crippen LogP contribution in [0.1, 0.15) is 5.56 Å². The topological polar surface area (TPSA) is 125 Å². The van der Waals surface area contributed by atoms with Gasteiger partial charge in [-0.25, -0.2) is 8.42 Å². The van der Waals surface area contributed by atoms with E-state index in [1.807, 2.05) is 6.07 Å². The second-order valence-electron chi connectivity index (χ2n) is 5.16. The van der Waals surface area contributed by atoms with E-state index in [1.165, 1.54) is 12.1 Å². The van der Waals surface area contributed by atoms with E-state index in [9.17, 15) is 18.0 Å². The molecule has 0 aliphatic heterocycles. The van der Waals surface area contributed by atoms with Gasteiger partial charge >= 0.3 is 5.97 Å². The number of benzene rings is 2. The molecule has 0 aliphatic rings. The fraction of sp³-hybridized carbons (Fsp3) is 0.118. The molecule has 0 aromatic heterocycles. The van der Waals surface area contributed by atoms with Crippen LogP contribution in [0.2, 0.25) is 0 Å². The van der Waals surface area contributed by atoms with Gasteiger partial charge in [0.15, 0.2) is 6.61 Å². The number of hydrogen-bond acceptors (Lipinski definition) is 6. The Labute approximate surface area is 164 Å². The average molecular weight is 452 g/mol. The maximum absolute atomic E-state index is 12.1. The first-order valence-corrected chi connectivity index (χ1v) is 9.79. The minimum absolute atomic E-state index is 0.0204. The van der Waals surface area contributed by atoms with Gasteiger partial charge in [-0.2, -0.15) is 9.98 Å². The standard InChI is InChI=1S/C17H14BrN3O5S/c18-14-6-1-2-7-15(14)27(24,25)20-10-17(23)26-11-16(22)21-13-5-3-4-12(8-13)9-19/h1-8,20H,10-11H2,(H,21,22). The van der Waals surface area contributed by atoms with Crippen molar-refractivity contribution in [3.8, 4) is 6.07 Å². The number of ether oxygens (including phenoxy) is 1. The highest BCUT2D eigenvalue weighted by Gasteiger charge is 2.19. The Balaban J connectivity index is 1.83. The number of amides is 1. The molecule has 0 atom stereocenters. The van der Waals surface area contributed by atoms with Crippen LogP contribution in [0.4, 0.5) is 5.69 Å². The van der Waals surface area contributed by atoms with Crippen LogP contribution in [-0.2, 0) is 24.3 Å². The van der Waals surface area contributed by atoms with E-state index in [0.29, 0.717) is 15.7 Å². The summed E-state index contributed by atoms with van der Waals surface area (Å²) < 4.78 is 31.5. The maximum Gasteiger partial charge on any atom is 0.321 e. The average Bonchev–Trinajstić information content (AvgIpc) is 2.65. The summed E-state index contributed by atoms with van der Waals surface area (Å²) in [6.07, 6.45) is 0. The quantitative estimate of drug-likeness (QED) is 0.617. The van der Waals surface area contributed by atoms with Gasteiger partial charge in [0.2, 0.25) is 10.0 Å². The van der Waals surface area contributed by atoms with Crippen LogP contribution in [0, 0.1) is 11.3 Å². The summed E-state index contributed by atoms with van der Waals surface area (Å²) in [4.78, 5) is 23.4. The number of halogens is 1. The second-order valence-corrected chi connectivity index (χ2v) is 7.75. The maximum atomic E-state index is 12.1. The summed E-state index contributed by atoms with van der Waals surface area (Å²) >= 11 is 3.12. The van der Waals surface area contributed by atoms with Crippen molar-refractivity contribution in [2.45, 2.75) is 4.90 Å². The molecule has 2 N–H and O–H groups in total. The third-order valence-corrected chi connectivity index (χ3v) is 5.59. The number of carbonyl (C=O) groups is 2. The van der Waals surface area contributed by atoms with Gasteiger partial charge in [0, 0.05) is 10.2 Å². The smallest absolute Gasteiger partial charge is 0.321 e. The number of hydrogen-bond donors (Lipinski definition) is 2. The zero-order valence-electron chi connectivity index (χ0n) is 13.8. The number of nitriles is 1. The van der Waals surface area contributed by atoms with Crippen molar-refractivity contribution in [2.24, 2.45) is 0 Å². The van der Waals surface area contributed by atoms with E-state index in [0.717, 1.165) is 0 Å². The monoisotopic (exact) mass is 451 g/mol. The van der Waals surface area contributed by atoms with Gasteiger partial charge in [-0.15, -0.1) is 0 Å². The molecule has 0 saturated carbocycles. The van der Waals surface area contributed by atoms with E-state index in [4.69, 9.17) is 10.00 Å². The van der Waals surface area contributed by atoms with Crippen LogP contribution in [0.25, 0.3) is 0 Å². The summed E-state index contributed by atoms with van der Waals surface area (Å²) in [5.74, 6) is -1.53. The summed E-state index contributed by atoms with van der Waals surface area (Å²) in [6, 6.07) is 14.3. The molecule has 27 heavy (non-hydrogen) atoms. The fourth-order valence-corrected chi connectivity index (χ4v) is 3.92. The summed E-state index contributed by atoms with van der Waals surface area (Å²) in [5.41, 5.74) is 0.746. The van der Waals surface area contributed by atoms with Crippen LogP contribution in [-0.4, -0.2) is 33.4 Å². The van der Waals surface area contributed by atoms with Crippen LogP contribution >= 0.6 is 15.9 Å². The Morgan fingerprint density at radius 1 is 1.15 bits per heavy atom. The van der Waals surface area contributed by atoms with E-state index in [2.05, 4.69) is 26.0 Å². The van der Waals surface area contributed by atoms with Crippen molar-refractivity contribution in [1.82, 2.24) is 4.72 Å². The van der Waals surface area contributed by atoms with Gasteiger partial charge in [-0.3, -0.25) is 9.59 Å². The van der Waals surface area contributed by atoms with Crippen molar-refractivity contribution >= 4 is 43.5 Å². The Morgan fingerprint density at radius 3 is 2.59 bits per heavy atom. The third kappa shape index (κ3) is 6.18. The third-order valence-electron chi connectivity index (χ3n) is 3.17. The Morgan fingerprint density at radius 2 is 1.89 bits per heavy atom. The zero-order valence-corrected chi connectivity index (χ0v) is 16.2. The van der Waals surface area contributed by atoms with Crippen LogP contribution in [0.3, 0.4) is 0 Å². The molecule has 0 radical (unpaired) electrons. The molecule has 0 fully saturated rings. The Bertz CT molecular complexity index is 1000. The lowest BCUT2D eigenvalue weighted by molar-refractivity contribution is -0.146. The highest BCUT2D eigenvalue weighted by atomic mass is 79.9. The minimum atomic E-state index is -3.91. The number of rotatable bonds is 7. The molecule has 0 unspecified atom stereocenters. The summed E-state index contributed by atoms with van der Waals surface area (Å²) in [7, 11) is -3.91. The summed E-state index contributed by atoms with van der Waals surface area (Å²) in [5, 5.41) is 11.3. The normalized spacial score (nSPS) is 10.7. The number of anilines is 1. The Hall–Kier alpha value is -2.74. The highest BCUT2D eigenvalue weighted by molar-refractivity contribution is 9.10. The molecule has 2 rings (SSSR count). The molecule has 0 bridgehead atoms. The van der Waals surface area contributed by atoms with Gasteiger partial charge in [-0.1, -0.05) is 18.2 Å². The lowest BCUT2D eigenvalue weighted by atomic mass is 10.2. The van der Waals surface area contributed by atoms with E-state index >= 15 is 0 Å². The predicted molar refractivity (Wildman–Crippen MR) is 100 cm³/mol. The molecule has 1 amide bonds. The van der Waals surface area contributed by atoms with Crippen molar-refractivity contribution in [1.29, 1.82) is 5.26 Å². The number of carbonyl (C=O) groups excluding carboxylic acids is 2. The molecular formula is C17H14BrN3O5S. The molecular weight excluding hydrogens is 438 g/mol. The van der Waals surface area contributed by atoms with Gasteiger partial charge in [0.05, 0.1) is 16.5 Å². The highest BCUT2D eigenvalue weighted by Crippen LogP contribution is 2.20. The van der Waals surface area contributed by atoms with Gasteiger partial charge < -0.3 is 10.1 Å². The molecule has 140 valence electrons. The van der Waals surface area contributed by atoms with Crippen molar-refractivity contribution in [2.75, 3.05) is 18.5 Å². The lowest BCUT2D eigenvalue weighted by Crippen LogP contribution is -2.32. The predicted octanol–water partition coefficient (Wildman–Crippen LogP) is 1.78. The largest absolute Gasteiger partial charge is 0.455 e. The fourth-order valence-electron chi connectivity index (χ4n) is 1.95.